The highest BCUT2D eigenvalue weighted by atomic mass is 32.2. The highest BCUT2D eigenvalue weighted by Gasteiger charge is 2.27. The number of phosphoric acid groups is 1. The van der Waals surface area contributed by atoms with Crippen molar-refractivity contribution in [1.29, 1.82) is 0 Å². The molecule has 188 valence electrons. The van der Waals surface area contributed by atoms with Crippen molar-refractivity contribution in [3.8, 4) is 28.7 Å². The maximum absolute atomic E-state index is 12.6. The third kappa shape index (κ3) is 7.04. The van der Waals surface area contributed by atoms with Crippen molar-refractivity contribution < 1.29 is 45.5 Å². The predicted octanol–water partition coefficient (Wildman–Crippen LogP) is 3.59. The van der Waals surface area contributed by atoms with Crippen LogP contribution in [-0.2, 0) is 29.4 Å². The van der Waals surface area contributed by atoms with Gasteiger partial charge < -0.3 is 23.5 Å². The van der Waals surface area contributed by atoms with Crippen molar-refractivity contribution >= 4 is 23.9 Å². The zero-order chi connectivity index (χ0) is 25.4. The van der Waals surface area contributed by atoms with E-state index in [9.17, 15) is 13.0 Å². The Morgan fingerprint density at radius 1 is 0.824 bits per heavy atom. The minimum Gasteiger partial charge on any atom is -0.496 e. The number of hydrogen-bond acceptors (Lipinski definition) is 10. The third-order valence-electron chi connectivity index (χ3n) is 4.49. The van der Waals surface area contributed by atoms with Crippen molar-refractivity contribution in [1.82, 2.24) is 4.72 Å². The van der Waals surface area contributed by atoms with Gasteiger partial charge in [0.2, 0.25) is 10.0 Å². The molecule has 0 bridgehead atoms. The first-order valence-electron chi connectivity index (χ1n) is 9.68. The topological polar surface area (TPSA) is 128 Å². The fourth-order valence-corrected chi connectivity index (χ4v) is 4.49. The van der Waals surface area contributed by atoms with Crippen molar-refractivity contribution in [2.75, 3.05) is 42.7 Å². The first-order chi connectivity index (χ1) is 16.1. The second-order valence-corrected chi connectivity index (χ2v) is 10.1. The molecule has 2 aromatic carbocycles. The van der Waals surface area contributed by atoms with Crippen molar-refractivity contribution in [3.63, 3.8) is 0 Å². The second-order valence-electron chi connectivity index (χ2n) is 6.54. The molecule has 1 N–H and O–H groups in total. The first kappa shape index (κ1) is 27.3. The lowest BCUT2D eigenvalue weighted by atomic mass is 10.1. The maximum atomic E-state index is 12.6. The van der Waals surface area contributed by atoms with Crippen LogP contribution in [0, 0.1) is 0 Å². The summed E-state index contributed by atoms with van der Waals surface area (Å²) in [5.41, 5.74) is 0.860. The van der Waals surface area contributed by atoms with Crippen LogP contribution >= 0.6 is 7.82 Å². The smallest absolute Gasteiger partial charge is 0.496 e. The summed E-state index contributed by atoms with van der Waals surface area (Å²) in [6, 6.07) is 7.69. The van der Waals surface area contributed by atoms with Crippen LogP contribution < -0.4 is 28.2 Å². The molecule has 0 saturated carbocycles. The monoisotopic (exact) mass is 517 g/mol. The van der Waals surface area contributed by atoms with Crippen LogP contribution in [0.1, 0.15) is 11.1 Å². The van der Waals surface area contributed by atoms with E-state index in [4.69, 9.17) is 32.5 Å². The van der Waals surface area contributed by atoms with E-state index < -0.39 is 23.6 Å². The number of benzene rings is 2. The largest absolute Gasteiger partial charge is 0.529 e. The summed E-state index contributed by atoms with van der Waals surface area (Å²) in [5.74, 6) is 1.22. The Kier molecular flexibility index (Phi) is 9.63. The molecule has 0 atom stereocenters. The molecule has 0 aromatic heterocycles. The molecule has 0 spiro atoms. The van der Waals surface area contributed by atoms with Gasteiger partial charge >= 0.3 is 7.82 Å². The van der Waals surface area contributed by atoms with E-state index in [1.807, 2.05) is 0 Å². The van der Waals surface area contributed by atoms with Gasteiger partial charge in [0.15, 0.2) is 11.5 Å². The van der Waals surface area contributed by atoms with E-state index in [0.29, 0.717) is 28.4 Å². The number of ether oxygens (including phenoxy) is 4. The molecule has 0 fully saturated rings. The van der Waals surface area contributed by atoms with Crippen molar-refractivity contribution in [2.45, 2.75) is 5.75 Å². The van der Waals surface area contributed by atoms with Gasteiger partial charge in [-0.2, -0.15) is 0 Å². The molecule has 0 aliphatic rings. The summed E-state index contributed by atoms with van der Waals surface area (Å²) in [6.45, 7) is 0. The van der Waals surface area contributed by atoms with Crippen LogP contribution in [0.25, 0.3) is 6.08 Å². The van der Waals surface area contributed by atoms with Crippen molar-refractivity contribution in [3.05, 3.63) is 47.7 Å². The Balaban J connectivity index is 2.24. The van der Waals surface area contributed by atoms with Crippen molar-refractivity contribution in [2.24, 2.45) is 0 Å². The number of sulfonamides is 1. The van der Waals surface area contributed by atoms with Gasteiger partial charge in [-0.05, 0) is 23.8 Å². The molecule has 0 amide bonds. The van der Waals surface area contributed by atoms with Gasteiger partial charge in [-0.3, -0.25) is 13.8 Å². The highest BCUT2D eigenvalue weighted by Crippen LogP contribution is 2.50. The zero-order valence-corrected chi connectivity index (χ0v) is 21.4. The molecule has 0 saturated heterocycles. The highest BCUT2D eigenvalue weighted by molar-refractivity contribution is 7.88. The molecule has 2 rings (SSSR count). The number of hydrogen-bond donors (Lipinski definition) is 1. The molecule has 0 radical (unpaired) electrons. The SMILES string of the molecule is COc1cc(OC)c(/C=C/NS(=O)(=O)Cc2ccc(OC)c(OP(=O)(OC)OC)c2)c(OC)c1. The van der Waals surface area contributed by atoms with Crippen LogP contribution in [0.15, 0.2) is 36.5 Å². The fraction of sp³-hybridized carbons (Fsp3) is 0.333. The van der Waals surface area contributed by atoms with E-state index in [1.54, 1.807) is 12.1 Å². The Labute approximate surface area is 199 Å². The summed E-state index contributed by atoms with van der Waals surface area (Å²) < 4.78 is 75.9. The number of nitrogens with one attached hydrogen (secondary N) is 1. The van der Waals surface area contributed by atoms with Gasteiger partial charge in [-0.15, -0.1) is 0 Å². The molecule has 11 nitrogen and oxygen atoms in total. The van der Waals surface area contributed by atoms with Gasteiger partial charge in [0.05, 0.1) is 39.8 Å². The van der Waals surface area contributed by atoms with Crippen LogP contribution in [0.4, 0.5) is 0 Å². The Morgan fingerprint density at radius 3 is 1.91 bits per heavy atom. The predicted molar refractivity (Wildman–Crippen MR) is 126 cm³/mol. The van der Waals surface area contributed by atoms with Gasteiger partial charge in [-0.1, -0.05) is 6.07 Å². The summed E-state index contributed by atoms with van der Waals surface area (Å²) in [7, 11) is 0.478. The first-order valence-corrected chi connectivity index (χ1v) is 12.8. The van der Waals surface area contributed by atoms with Gasteiger partial charge in [0.1, 0.15) is 17.2 Å². The Hall–Kier alpha value is -2.92. The number of phosphoric ester groups is 1. The fourth-order valence-electron chi connectivity index (χ4n) is 2.83. The van der Waals surface area contributed by atoms with E-state index >= 15 is 0 Å². The third-order valence-corrected chi connectivity index (χ3v) is 7.02. The van der Waals surface area contributed by atoms with Crippen LogP contribution in [0.2, 0.25) is 0 Å². The Morgan fingerprint density at radius 2 is 1.41 bits per heavy atom. The molecule has 13 heteroatoms. The number of rotatable bonds is 13. The van der Waals surface area contributed by atoms with Crippen LogP contribution in [-0.4, -0.2) is 51.1 Å². The summed E-state index contributed by atoms with van der Waals surface area (Å²) in [5, 5.41) is 0. The minimum atomic E-state index is -3.88. The second kappa shape index (κ2) is 12.0. The molecule has 0 unspecified atom stereocenters. The molecule has 0 aliphatic heterocycles. The lowest BCUT2D eigenvalue weighted by molar-refractivity contribution is 0.208. The molecule has 0 aliphatic carbocycles. The average Bonchev–Trinajstić information content (AvgIpc) is 2.83. The Bertz CT molecular complexity index is 1130. The molecular weight excluding hydrogens is 489 g/mol. The summed E-state index contributed by atoms with van der Waals surface area (Å²) >= 11 is 0. The van der Waals surface area contributed by atoms with Gasteiger partial charge in [0.25, 0.3) is 0 Å². The van der Waals surface area contributed by atoms with E-state index in [2.05, 4.69) is 4.72 Å². The van der Waals surface area contributed by atoms with E-state index in [-0.39, 0.29) is 11.5 Å². The van der Waals surface area contributed by atoms with Crippen LogP contribution in [0.5, 0.6) is 28.7 Å². The number of methoxy groups -OCH3 is 4. The summed E-state index contributed by atoms with van der Waals surface area (Å²) in [4.78, 5) is 0. The van der Waals surface area contributed by atoms with E-state index in [0.717, 1.165) is 14.2 Å². The normalized spacial score (nSPS) is 11.8. The zero-order valence-electron chi connectivity index (χ0n) is 19.7. The summed E-state index contributed by atoms with van der Waals surface area (Å²) in [6.07, 6.45) is 2.76. The molecule has 0 heterocycles. The minimum absolute atomic E-state index is 0.00507. The molecular formula is C21H28NO10PS. The van der Waals surface area contributed by atoms with Crippen LogP contribution in [0.3, 0.4) is 0 Å². The van der Waals surface area contributed by atoms with Gasteiger partial charge in [-0.25, -0.2) is 13.0 Å². The average molecular weight is 517 g/mol. The maximum Gasteiger partial charge on any atom is 0.529 e. The molecule has 2 aromatic rings. The van der Waals surface area contributed by atoms with E-state index in [1.165, 1.54) is 58.9 Å². The van der Waals surface area contributed by atoms with Gasteiger partial charge in [0, 0.05) is 32.6 Å². The standard InChI is InChI=1S/C21H28NO10PS/c1-26-16-12-19(28-3)17(20(13-16)29-4)9-10-22-34(24,25)14-15-7-8-18(27-2)21(11-15)32-33(23,30-5)31-6/h7-13,22H,14H2,1-6H3/b10-9+. The lowest BCUT2D eigenvalue weighted by Gasteiger charge is -2.17. The molecule has 34 heavy (non-hydrogen) atoms. The lowest BCUT2D eigenvalue weighted by Crippen LogP contribution is -2.19. The quantitative estimate of drug-likeness (QED) is 0.394.